The molecule has 0 amide bonds. The lowest BCUT2D eigenvalue weighted by molar-refractivity contribution is 0.281. The predicted molar refractivity (Wildman–Crippen MR) is 74.8 cm³/mol. The zero-order valence-corrected chi connectivity index (χ0v) is 12.1. The van der Waals surface area contributed by atoms with Gasteiger partial charge >= 0.3 is 0 Å². The van der Waals surface area contributed by atoms with Gasteiger partial charge in [-0.05, 0) is 64.2 Å². The summed E-state index contributed by atoms with van der Waals surface area (Å²) in [4.78, 5) is 0. The normalized spacial score (nSPS) is 11.1. The molecule has 0 spiro atoms. The molecule has 0 saturated carbocycles. The fourth-order valence-electron chi connectivity index (χ4n) is 1.89. The highest BCUT2D eigenvalue weighted by Gasteiger charge is 2.16. The molecule has 98 valence electrons. The Hall–Kier alpha value is -1.49. The first kappa shape index (κ1) is 14.6. The standard InChI is InChI=1S/C16H23NO/c1-12-7-8-13(2)15(14(12)3)18-10-6-9-16(4,5)11-17/h7-8H,6,9-10H2,1-5H3. The fourth-order valence-corrected chi connectivity index (χ4v) is 1.89. The third-order valence-corrected chi connectivity index (χ3v) is 3.37. The van der Waals surface area contributed by atoms with Crippen molar-refractivity contribution in [2.24, 2.45) is 5.41 Å². The van der Waals surface area contributed by atoms with E-state index >= 15 is 0 Å². The van der Waals surface area contributed by atoms with Crippen LogP contribution in [0.5, 0.6) is 5.75 Å². The van der Waals surface area contributed by atoms with E-state index in [1.807, 2.05) is 13.8 Å². The average Bonchev–Trinajstić information content (AvgIpc) is 2.33. The van der Waals surface area contributed by atoms with Gasteiger partial charge in [0.25, 0.3) is 0 Å². The van der Waals surface area contributed by atoms with E-state index in [4.69, 9.17) is 10.00 Å². The number of rotatable bonds is 5. The van der Waals surface area contributed by atoms with Gasteiger partial charge in [-0.2, -0.15) is 5.26 Å². The lowest BCUT2D eigenvalue weighted by Gasteiger charge is -2.17. The zero-order chi connectivity index (χ0) is 13.8. The highest BCUT2D eigenvalue weighted by Crippen LogP contribution is 2.26. The molecule has 1 aromatic carbocycles. The number of hydrogen-bond acceptors (Lipinski definition) is 2. The molecule has 0 unspecified atom stereocenters. The van der Waals surface area contributed by atoms with Crippen LogP contribution in [-0.2, 0) is 0 Å². The molecular formula is C16H23NO. The van der Waals surface area contributed by atoms with Gasteiger partial charge in [0.05, 0.1) is 18.1 Å². The number of nitrogens with zero attached hydrogens (tertiary/aromatic N) is 1. The molecule has 0 bridgehead atoms. The maximum absolute atomic E-state index is 8.94. The average molecular weight is 245 g/mol. The molecule has 0 N–H and O–H groups in total. The Morgan fingerprint density at radius 3 is 2.39 bits per heavy atom. The van der Waals surface area contributed by atoms with Crippen molar-refractivity contribution in [1.82, 2.24) is 0 Å². The Morgan fingerprint density at radius 2 is 1.78 bits per heavy atom. The largest absolute Gasteiger partial charge is 0.493 e. The van der Waals surface area contributed by atoms with Gasteiger partial charge in [-0.15, -0.1) is 0 Å². The molecule has 2 heteroatoms. The Labute approximate surface area is 111 Å². The molecular weight excluding hydrogens is 222 g/mol. The lowest BCUT2D eigenvalue weighted by atomic mass is 9.90. The minimum atomic E-state index is -0.250. The first-order valence-electron chi connectivity index (χ1n) is 6.48. The summed E-state index contributed by atoms with van der Waals surface area (Å²) in [6.07, 6.45) is 1.78. The second-order valence-corrected chi connectivity index (χ2v) is 5.60. The molecule has 0 aliphatic carbocycles. The second-order valence-electron chi connectivity index (χ2n) is 5.60. The van der Waals surface area contributed by atoms with Crippen molar-refractivity contribution < 1.29 is 4.74 Å². The van der Waals surface area contributed by atoms with Crippen LogP contribution in [0.1, 0.15) is 43.4 Å². The summed E-state index contributed by atoms with van der Waals surface area (Å²) >= 11 is 0. The third kappa shape index (κ3) is 3.77. The monoisotopic (exact) mass is 245 g/mol. The van der Waals surface area contributed by atoms with E-state index in [1.54, 1.807) is 0 Å². The molecule has 0 radical (unpaired) electrons. The van der Waals surface area contributed by atoms with Crippen molar-refractivity contribution in [3.8, 4) is 11.8 Å². The van der Waals surface area contributed by atoms with Crippen LogP contribution < -0.4 is 4.74 Å². The van der Waals surface area contributed by atoms with E-state index in [2.05, 4.69) is 39.0 Å². The van der Waals surface area contributed by atoms with Gasteiger partial charge in [0.1, 0.15) is 5.75 Å². The highest BCUT2D eigenvalue weighted by molar-refractivity contribution is 5.44. The number of hydrogen-bond donors (Lipinski definition) is 0. The molecule has 0 fully saturated rings. The molecule has 0 heterocycles. The van der Waals surface area contributed by atoms with Crippen molar-refractivity contribution in [1.29, 1.82) is 5.26 Å². The zero-order valence-electron chi connectivity index (χ0n) is 12.1. The van der Waals surface area contributed by atoms with Crippen LogP contribution in [0.4, 0.5) is 0 Å². The van der Waals surface area contributed by atoms with Gasteiger partial charge in [-0.3, -0.25) is 0 Å². The lowest BCUT2D eigenvalue weighted by Crippen LogP contribution is -2.10. The maximum atomic E-state index is 8.94. The summed E-state index contributed by atoms with van der Waals surface area (Å²) in [5.74, 6) is 1.00. The minimum Gasteiger partial charge on any atom is -0.493 e. The maximum Gasteiger partial charge on any atom is 0.125 e. The van der Waals surface area contributed by atoms with Crippen LogP contribution in [0.2, 0.25) is 0 Å². The Bertz CT molecular complexity index is 455. The van der Waals surface area contributed by atoms with E-state index in [9.17, 15) is 0 Å². The molecule has 2 nitrogen and oxygen atoms in total. The quantitative estimate of drug-likeness (QED) is 0.724. The Morgan fingerprint density at radius 1 is 1.17 bits per heavy atom. The van der Waals surface area contributed by atoms with Crippen molar-refractivity contribution in [3.63, 3.8) is 0 Å². The summed E-state index contributed by atoms with van der Waals surface area (Å²) in [6, 6.07) is 6.53. The first-order chi connectivity index (χ1) is 8.37. The first-order valence-corrected chi connectivity index (χ1v) is 6.48. The van der Waals surface area contributed by atoms with Crippen LogP contribution >= 0.6 is 0 Å². The van der Waals surface area contributed by atoms with E-state index in [1.165, 1.54) is 16.7 Å². The van der Waals surface area contributed by atoms with Crippen molar-refractivity contribution in [3.05, 3.63) is 28.8 Å². The summed E-state index contributed by atoms with van der Waals surface area (Å²) in [6.45, 7) is 10.9. The van der Waals surface area contributed by atoms with Gasteiger partial charge in [-0.25, -0.2) is 0 Å². The summed E-state index contributed by atoms with van der Waals surface area (Å²) in [7, 11) is 0. The molecule has 1 rings (SSSR count). The summed E-state index contributed by atoms with van der Waals surface area (Å²) < 4.78 is 5.88. The highest BCUT2D eigenvalue weighted by atomic mass is 16.5. The van der Waals surface area contributed by atoms with E-state index in [0.717, 1.165) is 18.6 Å². The molecule has 0 saturated heterocycles. The van der Waals surface area contributed by atoms with Crippen LogP contribution in [-0.4, -0.2) is 6.61 Å². The van der Waals surface area contributed by atoms with Crippen LogP contribution in [0, 0.1) is 37.5 Å². The molecule has 0 atom stereocenters. The van der Waals surface area contributed by atoms with Crippen LogP contribution in [0.25, 0.3) is 0 Å². The predicted octanol–water partition coefficient (Wildman–Crippen LogP) is 4.32. The van der Waals surface area contributed by atoms with E-state index in [0.29, 0.717) is 6.61 Å². The van der Waals surface area contributed by atoms with Crippen molar-refractivity contribution >= 4 is 0 Å². The Kier molecular flexibility index (Phi) is 4.78. The van der Waals surface area contributed by atoms with Gasteiger partial charge in [0.2, 0.25) is 0 Å². The number of nitriles is 1. The fraction of sp³-hybridized carbons (Fsp3) is 0.562. The van der Waals surface area contributed by atoms with Crippen molar-refractivity contribution in [2.75, 3.05) is 6.61 Å². The summed E-state index contributed by atoms with van der Waals surface area (Å²) in [5, 5.41) is 8.94. The molecule has 0 aromatic heterocycles. The van der Waals surface area contributed by atoms with E-state index < -0.39 is 0 Å². The minimum absolute atomic E-state index is 0.250. The molecule has 18 heavy (non-hydrogen) atoms. The van der Waals surface area contributed by atoms with Crippen LogP contribution in [0.15, 0.2) is 12.1 Å². The number of aryl methyl sites for hydroxylation is 2. The van der Waals surface area contributed by atoms with Crippen molar-refractivity contribution in [2.45, 2.75) is 47.5 Å². The topological polar surface area (TPSA) is 33.0 Å². The number of ether oxygens (including phenoxy) is 1. The van der Waals surface area contributed by atoms with Crippen LogP contribution in [0.3, 0.4) is 0 Å². The van der Waals surface area contributed by atoms with Gasteiger partial charge in [0.15, 0.2) is 0 Å². The molecule has 0 aliphatic heterocycles. The smallest absolute Gasteiger partial charge is 0.125 e. The Balaban J connectivity index is 2.56. The second kappa shape index (κ2) is 5.91. The third-order valence-electron chi connectivity index (χ3n) is 3.37. The SMILES string of the molecule is Cc1ccc(C)c(OCCCC(C)(C)C#N)c1C. The van der Waals surface area contributed by atoms with Gasteiger partial charge < -0.3 is 4.74 Å². The summed E-state index contributed by atoms with van der Waals surface area (Å²) in [5.41, 5.74) is 3.40. The molecule has 0 aliphatic rings. The van der Waals surface area contributed by atoms with E-state index in [-0.39, 0.29) is 5.41 Å². The number of benzene rings is 1. The molecule has 1 aromatic rings. The van der Waals surface area contributed by atoms with Gasteiger partial charge in [-0.1, -0.05) is 12.1 Å². The van der Waals surface area contributed by atoms with Gasteiger partial charge in [0, 0.05) is 0 Å².